The Morgan fingerprint density at radius 3 is 2.40 bits per heavy atom. The molecule has 1 aromatic carbocycles. The molecule has 0 aliphatic rings. The molecule has 0 aliphatic carbocycles. The number of benzene rings is 1. The van der Waals surface area contributed by atoms with E-state index in [1.807, 2.05) is 6.07 Å². The average Bonchev–Trinajstić information content (AvgIpc) is 2.71. The van der Waals surface area contributed by atoms with Crippen molar-refractivity contribution >= 4 is 11.3 Å². The van der Waals surface area contributed by atoms with Crippen LogP contribution in [-0.4, -0.2) is 6.04 Å². The first kappa shape index (κ1) is 10.4. The monoisotopic (exact) mass is 217 g/mol. The molecular weight excluding hydrogens is 202 g/mol. The summed E-state index contributed by atoms with van der Waals surface area (Å²) in [6, 6.07) is 12.8. The van der Waals surface area contributed by atoms with Crippen molar-refractivity contribution in [1.82, 2.24) is 0 Å². The van der Waals surface area contributed by atoms with E-state index in [1.54, 1.807) is 11.3 Å². The predicted molar refractivity (Wildman–Crippen MR) is 66.1 cm³/mol. The Balaban J connectivity index is 1.90. The molecule has 2 N–H and O–H groups in total. The number of hydrogen-bond acceptors (Lipinski definition) is 2. The topological polar surface area (TPSA) is 26.0 Å². The second-order valence-corrected chi connectivity index (χ2v) is 4.57. The zero-order valence-corrected chi connectivity index (χ0v) is 9.41. The van der Waals surface area contributed by atoms with Gasteiger partial charge >= 0.3 is 0 Å². The van der Waals surface area contributed by atoms with Crippen LogP contribution in [0.1, 0.15) is 11.1 Å². The third-order valence-corrected chi connectivity index (χ3v) is 3.15. The molecule has 1 heterocycles. The Hall–Kier alpha value is -1.12. The third kappa shape index (κ3) is 3.18. The zero-order chi connectivity index (χ0) is 10.5. The summed E-state index contributed by atoms with van der Waals surface area (Å²) >= 11 is 1.73. The van der Waals surface area contributed by atoms with Gasteiger partial charge in [-0.3, -0.25) is 0 Å². The summed E-state index contributed by atoms with van der Waals surface area (Å²) in [5.41, 5.74) is 8.77. The molecule has 1 aromatic heterocycles. The number of nitrogens with two attached hydrogens (primary N) is 1. The highest BCUT2D eigenvalue weighted by Gasteiger charge is 2.05. The maximum Gasteiger partial charge on any atom is 0.0120 e. The first-order chi connectivity index (χ1) is 7.34. The van der Waals surface area contributed by atoms with Crippen LogP contribution in [0.4, 0.5) is 0 Å². The lowest BCUT2D eigenvalue weighted by molar-refractivity contribution is 0.666. The Kier molecular flexibility index (Phi) is 3.54. The van der Waals surface area contributed by atoms with Gasteiger partial charge in [-0.25, -0.2) is 0 Å². The van der Waals surface area contributed by atoms with Crippen molar-refractivity contribution in [2.75, 3.05) is 0 Å². The van der Waals surface area contributed by atoms with Crippen LogP contribution in [-0.2, 0) is 12.8 Å². The summed E-state index contributed by atoms with van der Waals surface area (Å²) in [6.45, 7) is 0. The van der Waals surface area contributed by atoms with E-state index in [9.17, 15) is 0 Å². The van der Waals surface area contributed by atoms with E-state index in [1.165, 1.54) is 11.1 Å². The van der Waals surface area contributed by atoms with Crippen LogP contribution in [0.25, 0.3) is 0 Å². The van der Waals surface area contributed by atoms with Crippen molar-refractivity contribution in [3.8, 4) is 0 Å². The van der Waals surface area contributed by atoms with Crippen molar-refractivity contribution in [2.24, 2.45) is 5.73 Å². The molecular formula is C13H15NS. The molecule has 0 spiro atoms. The van der Waals surface area contributed by atoms with Gasteiger partial charge in [0.15, 0.2) is 0 Å². The van der Waals surface area contributed by atoms with Crippen molar-refractivity contribution in [1.29, 1.82) is 0 Å². The summed E-state index contributed by atoms with van der Waals surface area (Å²) in [5.74, 6) is 0. The van der Waals surface area contributed by atoms with Crippen LogP contribution in [0, 0.1) is 0 Å². The molecule has 0 aliphatic heterocycles. The van der Waals surface area contributed by atoms with Gasteiger partial charge in [-0.15, -0.1) is 0 Å². The van der Waals surface area contributed by atoms with Gasteiger partial charge in [-0.1, -0.05) is 30.3 Å². The highest BCUT2D eigenvalue weighted by Crippen LogP contribution is 2.10. The standard InChI is InChI=1S/C13H15NS/c14-13(9-12-6-7-15-10-12)8-11-4-2-1-3-5-11/h1-7,10,13H,8-9,14H2/t13-/m1/s1. The predicted octanol–water partition coefficient (Wildman–Crippen LogP) is 2.86. The molecule has 1 atom stereocenters. The lowest BCUT2D eigenvalue weighted by Gasteiger charge is -2.10. The molecule has 0 unspecified atom stereocenters. The molecule has 0 radical (unpaired) electrons. The first-order valence-electron chi connectivity index (χ1n) is 5.15. The van der Waals surface area contributed by atoms with Crippen LogP contribution in [0.3, 0.4) is 0 Å². The van der Waals surface area contributed by atoms with Gasteiger partial charge in [0.1, 0.15) is 0 Å². The first-order valence-corrected chi connectivity index (χ1v) is 6.09. The van der Waals surface area contributed by atoms with Gasteiger partial charge in [0.25, 0.3) is 0 Å². The fourth-order valence-corrected chi connectivity index (χ4v) is 2.38. The van der Waals surface area contributed by atoms with Gasteiger partial charge < -0.3 is 5.73 Å². The molecule has 0 saturated heterocycles. The molecule has 1 nitrogen and oxygen atoms in total. The maximum atomic E-state index is 6.10. The largest absolute Gasteiger partial charge is 0.327 e. The summed E-state index contributed by atoms with van der Waals surface area (Å²) in [7, 11) is 0. The fourth-order valence-electron chi connectivity index (χ4n) is 1.70. The summed E-state index contributed by atoms with van der Waals surface area (Å²) in [5, 5.41) is 4.27. The van der Waals surface area contributed by atoms with E-state index < -0.39 is 0 Å². The molecule has 2 aromatic rings. The summed E-state index contributed by atoms with van der Waals surface area (Å²) in [4.78, 5) is 0. The average molecular weight is 217 g/mol. The second kappa shape index (κ2) is 5.10. The van der Waals surface area contributed by atoms with Crippen LogP contribution in [0.15, 0.2) is 47.2 Å². The van der Waals surface area contributed by atoms with Gasteiger partial charge in [-0.2, -0.15) is 11.3 Å². The lowest BCUT2D eigenvalue weighted by Crippen LogP contribution is -2.25. The quantitative estimate of drug-likeness (QED) is 0.837. The Morgan fingerprint density at radius 2 is 1.73 bits per heavy atom. The van der Waals surface area contributed by atoms with E-state index in [2.05, 4.69) is 41.1 Å². The van der Waals surface area contributed by atoms with Crippen LogP contribution >= 0.6 is 11.3 Å². The molecule has 15 heavy (non-hydrogen) atoms. The summed E-state index contributed by atoms with van der Waals surface area (Å²) in [6.07, 6.45) is 1.93. The van der Waals surface area contributed by atoms with Gasteiger partial charge in [0.2, 0.25) is 0 Å². The minimum absolute atomic E-state index is 0.224. The molecule has 78 valence electrons. The molecule has 0 saturated carbocycles. The van der Waals surface area contributed by atoms with Gasteiger partial charge in [-0.05, 0) is 40.8 Å². The zero-order valence-electron chi connectivity index (χ0n) is 8.60. The van der Waals surface area contributed by atoms with Crippen molar-refractivity contribution in [3.05, 3.63) is 58.3 Å². The van der Waals surface area contributed by atoms with Crippen molar-refractivity contribution in [2.45, 2.75) is 18.9 Å². The minimum atomic E-state index is 0.224. The smallest absolute Gasteiger partial charge is 0.0120 e. The van der Waals surface area contributed by atoms with E-state index in [-0.39, 0.29) is 6.04 Å². The normalized spacial score (nSPS) is 12.6. The Morgan fingerprint density at radius 1 is 1.00 bits per heavy atom. The molecule has 0 amide bonds. The third-order valence-electron chi connectivity index (χ3n) is 2.42. The highest BCUT2D eigenvalue weighted by atomic mass is 32.1. The van der Waals surface area contributed by atoms with E-state index in [0.29, 0.717) is 0 Å². The minimum Gasteiger partial charge on any atom is -0.327 e. The second-order valence-electron chi connectivity index (χ2n) is 3.79. The number of rotatable bonds is 4. The van der Waals surface area contributed by atoms with Crippen molar-refractivity contribution in [3.63, 3.8) is 0 Å². The SMILES string of the molecule is N[C@H](Cc1ccccc1)Cc1ccsc1. The highest BCUT2D eigenvalue weighted by molar-refractivity contribution is 7.07. The van der Waals surface area contributed by atoms with E-state index in [4.69, 9.17) is 5.73 Å². The summed E-state index contributed by atoms with van der Waals surface area (Å²) < 4.78 is 0. The van der Waals surface area contributed by atoms with Gasteiger partial charge in [0.05, 0.1) is 0 Å². The van der Waals surface area contributed by atoms with E-state index >= 15 is 0 Å². The van der Waals surface area contributed by atoms with Crippen LogP contribution in [0.5, 0.6) is 0 Å². The number of hydrogen-bond donors (Lipinski definition) is 1. The van der Waals surface area contributed by atoms with Gasteiger partial charge in [0, 0.05) is 6.04 Å². The maximum absolute atomic E-state index is 6.10. The number of thiophene rings is 1. The van der Waals surface area contributed by atoms with Crippen molar-refractivity contribution < 1.29 is 0 Å². The van der Waals surface area contributed by atoms with E-state index in [0.717, 1.165) is 12.8 Å². The Labute approximate surface area is 94.6 Å². The fraction of sp³-hybridized carbons (Fsp3) is 0.231. The van der Waals surface area contributed by atoms with Crippen LogP contribution in [0.2, 0.25) is 0 Å². The molecule has 2 rings (SSSR count). The lowest BCUT2D eigenvalue weighted by atomic mass is 10.0. The Bertz CT molecular complexity index is 380. The molecule has 0 bridgehead atoms. The molecule has 0 fully saturated rings. The molecule has 2 heteroatoms. The van der Waals surface area contributed by atoms with Crippen LogP contribution < -0.4 is 5.73 Å².